The van der Waals surface area contributed by atoms with Gasteiger partial charge in [0.05, 0.1) is 0 Å². The highest BCUT2D eigenvalue weighted by Gasteiger charge is 2.28. The second-order valence-corrected chi connectivity index (χ2v) is 4.31. The van der Waals surface area contributed by atoms with Crippen molar-refractivity contribution in [3.05, 3.63) is 6.33 Å². The Morgan fingerprint density at radius 3 is 2.69 bits per heavy atom. The van der Waals surface area contributed by atoms with E-state index in [1.165, 1.54) is 17.8 Å². The summed E-state index contributed by atoms with van der Waals surface area (Å²) in [4.78, 5) is 11.2. The molecule has 0 aliphatic carbocycles. The second kappa shape index (κ2) is 3.51. The van der Waals surface area contributed by atoms with Crippen LogP contribution in [0.3, 0.4) is 0 Å². The predicted octanol–water partition coefficient (Wildman–Crippen LogP) is 0.947. The fraction of sp³-hybridized carbons (Fsp3) is 0.500. The molecule has 1 aromatic heterocycles. The molecule has 13 heavy (non-hydrogen) atoms. The number of anilines is 1. The highest BCUT2D eigenvalue weighted by Crippen LogP contribution is 2.20. The lowest BCUT2D eigenvalue weighted by atomic mass is 10.4. The van der Waals surface area contributed by atoms with Crippen molar-refractivity contribution in [3.63, 3.8) is 0 Å². The predicted molar refractivity (Wildman–Crippen MR) is 49.7 cm³/mol. The van der Waals surface area contributed by atoms with Crippen LogP contribution < -0.4 is 5.32 Å². The van der Waals surface area contributed by atoms with Gasteiger partial charge >= 0.3 is 0 Å². The lowest BCUT2D eigenvalue weighted by Gasteiger charge is -2.11. The summed E-state index contributed by atoms with van der Waals surface area (Å²) >= 11 is 11.1. The van der Waals surface area contributed by atoms with E-state index in [1.807, 2.05) is 0 Å². The SMILES string of the molecule is Cn1cnnc1NC(=O)C(C)(Cl)Cl. The van der Waals surface area contributed by atoms with Gasteiger partial charge in [0.2, 0.25) is 5.95 Å². The average molecular weight is 223 g/mol. The van der Waals surface area contributed by atoms with E-state index in [2.05, 4.69) is 15.5 Å². The van der Waals surface area contributed by atoms with Crippen LogP contribution in [-0.4, -0.2) is 25.0 Å². The maximum Gasteiger partial charge on any atom is 0.262 e. The van der Waals surface area contributed by atoms with E-state index in [0.29, 0.717) is 5.95 Å². The summed E-state index contributed by atoms with van der Waals surface area (Å²) in [6, 6.07) is 0. The van der Waals surface area contributed by atoms with Crippen molar-refractivity contribution in [2.45, 2.75) is 11.3 Å². The van der Waals surface area contributed by atoms with Crippen LogP contribution in [0.15, 0.2) is 6.33 Å². The fourth-order valence-electron chi connectivity index (χ4n) is 0.608. The highest BCUT2D eigenvalue weighted by molar-refractivity contribution is 6.58. The Hall–Kier alpha value is -0.810. The van der Waals surface area contributed by atoms with E-state index >= 15 is 0 Å². The normalized spacial score (nSPS) is 11.4. The molecule has 0 bridgehead atoms. The van der Waals surface area contributed by atoms with Gasteiger partial charge in [-0.15, -0.1) is 10.2 Å². The van der Waals surface area contributed by atoms with Crippen LogP contribution in [0, 0.1) is 0 Å². The van der Waals surface area contributed by atoms with Gasteiger partial charge < -0.3 is 4.57 Å². The summed E-state index contributed by atoms with van der Waals surface area (Å²) in [7, 11) is 1.69. The Bertz CT molecular complexity index is 317. The van der Waals surface area contributed by atoms with Crippen LogP contribution in [0.4, 0.5) is 5.95 Å². The molecule has 1 aromatic rings. The van der Waals surface area contributed by atoms with E-state index in [1.54, 1.807) is 7.05 Å². The molecule has 0 atom stereocenters. The number of nitrogens with zero attached hydrogens (tertiary/aromatic N) is 3. The molecule has 0 saturated carbocycles. The van der Waals surface area contributed by atoms with Gasteiger partial charge in [-0.3, -0.25) is 10.1 Å². The molecule has 0 fully saturated rings. The Morgan fingerprint density at radius 2 is 2.31 bits per heavy atom. The summed E-state index contributed by atoms with van der Waals surface area (Å²) in [6.07, 6.45) is 1.45. The van der Waals surface area contributed by atoms with Gasteiger partial charge in [-0.25, -0.2) is 0 Å². The number of rotatable bonds is 2. The van der Waals surface area contributed by atoms with Crippen LogP contribution in [0.2, 0.25) is 0 Å². The van der Waals surface area contributed by atoms with Crippen LogP contribution in [0.25, 0.3) is 0 Å². The van der Waals surface area contributed by atoms with E-state index in [9.17, 15) is 4.79 Å². The van der Waals surface area contributed by atoms with E-state index in [4.69, 9.17) is 23.2 Å². The highest BCUT2D eigenvalue weighted by atomic mass is 35.5. The molecule has 0 spiro atoms. The third-order valence-electron chi connectivity index (χ3n) is 1.34. The van der Waals surface area contributed by atoms with Gasteiger partial charge in [0.25, 0.3) is 5.91 Å². The van der Waals surface area contributed by atoms with Gasteiger partial charge in [-0.1, -0.05) is 23.2 Å². The number of nitrogens with one attached hydrogen (secondary N) is 1. The molecule has 0 saturated heterocycles. The van der Waals surface area contributed by atoms with Gasteiger partial charge in [0, 0.05) is 7.05 Å². The lowest BCUT2D eigenvalue weighted by Crippen LogP contribution is -2.30. The van der Waals surface area contributed by atoms with E-state index < -0.39 is 10.2 Å². The maximum atomic E-state index is 11.2. The third kappa shape index (κ3) is 2.57. The number of alkyl halides is 2. The molecule has 0 aliphatic heterocycles. The van der Waals surface area contributed by atoms with Crippen molar-refractivity contribution in [3.8, 4) is 0 Å². The third-order valence-corrected chi connectivity index (χ3v) is 1.68. The van der Waals surface area contributed by atoms with Crippen molar-refractivity contribution in [2.24, 2.45) is 7.05 Å². The van der Waals surface area contributed by atoms with Crippen molar-refractivity contribution >= 4 is 35.1 Å². The van der Waals surface area contributed by atoms with Crippen LogP contribution >= 0.6 is 23.2 Å². The molecular weight excluding hydrogens is 215 g/mol. The summed E-state index contributed by atoms with van der Waals surface area (Å²) in [5, 5.41) is 9.62. The minimum absolute atomic E-state index is 0.303. The lowest BCUT2D eigenvalue weighted by molar-refractivity contribution is -0.116. The molecule has 5 nitrogen and oxygen atoms in total. The van der Waals surface area contributed by atoms with E-state index in [-0.39, 0.29) is 0 Å². The van der Waals surface area contributed by atoms with Crippen LogP contribution in [0.1, 0.15) is 6.92 Å². The molecule has 72 valence electrons. The molecule has 1 N–H and O–H groups in total. The number of halogens is 2. The number of amides is 1. The molecule has 0 aromatic carbocycles. The number of hydrogen-bond acceptors (Lipinski definition) is 3. The largest absolute Gasteiger partial charge is 0.303 e. The maximum absolute atomic E-state index is 11.2. The van der Waals surface area contributed by atoms with Crippen molar-refractivity contribution in [1.29, 1.82) is 0 Å². The Labute approximate surface area is 85.0 Å². The summed E-state index contributed by atoms with van der Waals surface area (Å²) < 4.78 is 0.0728. The fourth-order valence-corrected chi connectivity index (χ4v) is 0.702. The van der Waals surface area contributed by atoms with Gasteiger partial charge in [0.1, 0.15) is 6.33 Å². The molecule has 7 heteroatoms. The molecule has 0 radical (unpaired) electrons. The minimum Gasteiger partial charge on any atom is -0.303 e. The molecule has 0 aliphatic rings. The second-order valence-electron chi connectivity index (χ2n) is 2.61. The number of carbonyl (C=O) groups excluding carboxylic acids is 1. The standard InChI is InChI=1S/C6H8Cl2N4O/c1-6(7,8)4(13)10-5-11-9-3-12(5)2/h3H,1-2H3,(H,10,11,13). The average Bonchev–Trinajstić information content (AvgIpc) is 2.34. The zero-order chi connectivity index (χ0) is 10.1. The molecular formula is C6H8Cl2N4O. The summed E-state index contributed by atoms with van der Waals surface area (Å²) in [5.74, 6) is -0.232. The topological polar surface area (TPSA) is 59.8 Å². The van der Waals surface area contributed by atoms with E-state index in [0.717, 1.165) is 0 Å². The van der Waals surface area contributed by atoms with Crippen molar-refractivity contribution in [1.82, 2.24) is 14.8 Å². The van der Waals surface area contributed by atoms with Gasteiger partial charge in [-0.05, 0) is 6.92 Å². The first kappa shape index (κ1) is 10.3. The number of hydrogen-bond donors (Lipinski definition) is 1. The van der Waals surface area contributed by atoms with Crippen molar-refractivity contribution < 1.29 is 4.79 Å². The minimum atomic E-state index is -1.47. The van der Waals surface area contributed by atoms with Gasteiger partial charge in [0.15, 0.2) is 4.33 Å². The number of carbonyl (C=O) groups is 1. The molecule has 1 rings (SSSR count). The number of aromatic nitrogens is 3. The molecule has 0 unspecified atom stereocenters. The Kier molecular flexibility index (Phi) is 2.77. The zero-order valence-corrected chi connectivity index (χ0v) is 8.60. The summed E-state index contributed by atoms with van der Waals surface area (Å²) in [6.45, 7) is 1.38. The first-order chi connectivity index (χ1) is 5.91. The Balaban J connectivity index is 2.71. The van der Waals surface area contributed by atoms with Gasteiger partial charge in [-0.2, -0.15) is 0 Å². The Morgan fingerprint density at radius 1 is 1.69 bits per heavy atom. The first-order valence-corrected chi connectivity index (χ1v) is 4.20. The zero-order valence-electron chi connectivity index (χ0n) is 7.08. The van der Waals surface area contributed by atoms with Crippen molar-refractivity contribution in [2.75, 3.05) is 5.32 Å². The quantitative estimate of drug-likeness (QED) is 0.759. The molecule has 1 heterocycles. The molecule has 1 amide bonds. The monoisotopic (exact) mass is 222 g/mol. The summed E-state index contributed by atoms with van der Waals surface area (Å²) in [5.41, 5.74) is 0. The van der Waals surface area contributed by atoms with Crippen LogP contribution in [0.5, 0.6) is 0 Å². The first-order valence-electron chi connectivity index (χ1n) is 3.44. The smallest absolute Gasteiger partial charge is 0.262 e. The van der Waals surface area contributed by atoms with Crippen LogP contribution in [-0.2, 0) is 11.8 Å². The number of aryl methyl sites for hydroxylation is 1.